The molecule has 0 aromatic heterocycles. The van der Waals surface area contributed by atoms with Gasteiger partial charge in [0, 0.05) is 24.7 Å². The molecule has 0 aliphatic rings. The molecule has 0 aliphatic carbocycles. The van der Waals surface area contributed by atoms with E-state index >= 15 is 0 Å². The summed E-state index contributed by atoms with van der Waals surface area (Å²) >= 11 is 0. The number of nitrogens with zero attached hydrogens (tertiary/aromatic N) is 1. The smallest absolute Gasteiger partial charge is 0.251 e. The van der Waals surface area contributed by atoms with Crippen LogP contribution in [0.2, 0.25) is 0 Å². The van der Waals surface area contributed by atoms with Crippen LogP contribution < -0.4 is 10.6 Å². The van der Waals surface area contributed by atoms with Crippen molar-refractivity contribution >= 4 is 21.8 Å². The summed E-state index contributed by atoms with van der Waals surface area (Å²) in [7, 11) is -3.69. The molecule has 8 heteroatoms. The highest BCUT2D eigenvalue weighted by atomic mass is 32.2. The maximum Gasteiger partial charge on any atom is 0.251 e. The van der Waals surface area contributed by atoms with Gasteiger partial charge in [-0.1, -0.05) is 64.1 Å². The molecule has 2 rings (SSSR count). The predicted octanol–water partition coefficient (Wildman–Crippen LogP) is 3.61. The zero-order chi connectivity index (χ0) is 25.3. The first-order chi connectivity index (χ1) is 16.1. The predicted molar refractivity (Wildman–Crippen MR) is 135 cm³/mol. The SMILES string of the molecule is CCN(CC)S(=O)(=O)c1cccc(C(=O)N[C@H](C(=O)NC(C)CCc2ccccc2)C(C)C)c1. The average Bonchev–Trinajstić information content (AvgIpc) is 2.82. The Balaban J connectivity index is 2.07. The molecule has 0 heterocycles. The first kappa shape index (κ1) is 27.5. The van der Waals surface area contributed by atoms with E-state index in [4.69, 9.17) is 0 Å². The van der Waals surface area contributed by atoms with Crippen LogP contribution in [0.25, 0.3) is 0 Å². The number of hydrogen-bond acceptors (Lipinski definition) is 4. The van der Waals surface area contributed by atoms with Crippen molar-refractivity contribution in [2.75, 3.05) is 13.1 Å². The van der Waals surface area contributed by atoms with Crippen LogP contribution in [0.3, 0.4) is 0 Å². The molecule has 2 amide bonds. The summed E-state index contributed by atoms with van der Waals surface area (Å²) in [5.74, 6) is -0.883. The van der Waals surface area contributed by atoms with Gasteiger partial charge in [-0.3, -0.25) is 9.59 Å². The minimum absolute atomic E-state index is 0.0592. The molecule has 0 saturated carbocycles. The van der Waals surface area contributed by atoms with Crippen LogP contribution >= 0.6 is 0 Å². The number of benzene rings is 2. The van der Waals surface area contributed by atoms with Gasteiger partial charge >= 0.3 is 0 Å². The van der Waals surface area contributed by atoms with E-state index < -0.39 is 22.0 Å². The summed E-state index contributed by atoms with van der Waals surface area (Å²) in [5, 5.41) is 5.79. The highest BCUT2D eigenvalue weighted by Crippen LogP contribution is 2.17. The second-order valence-electron chi connectivity index (χ2n) is 8.75. The third-order valence-corrected chi connectivity index (χ3v) is 7.82. The Hall–Kier alpha value is -2.71. The number of carbonyl (C=O) groups is 2. The summed E-state index contributed by atoms with van der Waals surface area (Å²) in [6.45, 7) is 9.89. The van der Waals surface area contributed by atoms with Gasteiger partial charge in [-0.15, -0.1) is 0 Å². The van der Waals surface area contributed by atoms with Crippen LogP contribution in [0, 0.1) is 5.92 Å². The number of aryl methyl sites for hydroxylation is 1. The molecule has 34 heavy (non-hydrogen) atoms. The fraction of sp³-hybridized carbons (Fsp3) is 0.462. The Bertz CT molecular complexity index is 1050. The average molecular weight is 488 g/mol. The molecule has 0 fully saturated rings. The van der Waals surface area contributed by atoms with E-state index in [1.807, 2.05) is 39.0 Å². The molecule has 2 aromatic carbocycles. The van der Waals surface area contributed by atoms with Crippen molar-refractivity contribution in [1.29, 1.82) is 0 Å². The van der Waals surface area contributed by atoms with Crippen molar-refractivity contribution < 1.29 is 18.0 Å². The lowest BCUT2D eigenvalue weighted by Crippen LogP contribution is -2.51. The lowest BCUT2D eigenvalue weighted by Gasteiger charge is -2.24. The van der Waals surface area contributed by atoms with Crippen molar-refractivity contribution in [3.63, 3.8) is 0 Å². The monoisotopic (exact) mass is 487 g/mol. The molecule has 7 nitrogen and oxygen atoms in total. The normalized spacial score (nSPS) is 13.5. The zero-order valence-electron chi connectivity index (χ0n) is 20.7. The molecule has 2 atom stereocenters. The Morgan fingerprint density at radius 1 is 0.912 bits per heavy atom. The van der Waals surface area contributed by atoms with Gasteiger partial charge in [-0.2, -0.15) is 4.31 Å². The summed E-state index contributed by atoms with van der Waals surface area (Å²) < 4.78 is 27.0. The van der Waals surface area contributed by atoms with Gasteiger partial charge < -0.3 is 10.6 Å². The standard InChI is InChI=1S/C26H37N3O4S/c1-6-29(7-2)34(32,33)23-15-11-14-22(18-23)25(30)28-24(19(3)4)26(31)27-20(5)16-17-21-12-9-8-10-13-21/h8-15,18-20,24H,6-7,16-17H2,1-5H3,(H,27,31)(H,28,30)/t20?,24-/m0/s1. The number of amides is 2. The topological polar surface area (TPSA) is 95.6 Å². The molecule has 0 bridgehead atoms. The van der Waals surface area contributed by atoms with Crippen LogP contribution in [0.5, 0.6) is 0 Å². The zero-order valence-corrected chi connectivity index (χ0v) is 21.6. The summed E-state index contributed by atoms with van der Waals surface area (Å²) in [4.78, 5) is 25.9. The van der Waals surface area contributed by atoms with Crippen molar-refractivity contribution in [3.8, 4) is 0 Å². The maximum absolute atomic E-state index is 12.9. The highest BCUT2D eigenvalue weighted by molar-refractivity contribution is 7.89. The Morgan fingerprint density at radius 2 is 1.56 bits per heavy atom. The van der Waals surface area contributed by atoms with E-state index in [9.17, 15) is 18.0 Å². The number of carbonyl (C=O) groups excluding carboxylic acids is 2. The Labute approximate surface area is 204 Å². The molecule has 1 unspecified atom stereocenters. The fourth-order valence-corrected chi connectivity index (χ4v) is 5.21. The third kappa shape index (κ3) is 7.40. The van der Waals surface area contributed by atoms with E-state index in [1.54, 1.807) is 26.0 Å². The maximum atomic E-state index is 12.9. The molecule has 0 spiro atoms. The minimum atomic E-state index is -3.69. The van der Waals surface area contributed by atoms with Gasteiger partial charge in [0.15, 0.2) is 0 Å². The molecule has 0 radical (unpaired) electrons. The number of sulfonamides is 1. The molecular weight excluding hydrogens is 450 g/mol. The number of rotatable bonds is 12. The summed E-state index contributed by atoms with van der Waals surface area (Å²) in [6.07, 6.45) is 1.62. The summed E-state index contributed by atoms with van der Waals surface area (Å²) in [6, 6.07) is 15.2. The van der Waals surface area contributed by atoms with Gasteiger partial charge in [0.1, 0.15) is 6.04 Å². The summed E-state index contributed by atoms with van der Waals surface area (Å²) in [5.41, 5.74) is 1.40. The van der Waals surface area contributed by atoms with Crippen molar-refractivity contribution in [1.82, 2.24) is 14.9 Å². The Morgan fingerprint density at radius 3 is 2.15 bits per heavy atom. The second-order valence-corrected chi connectivity index (χ2v) is 10.7. The second kappa shape index (κ2) is 12.7. The van der Waals surface area contributed by atoms with Crippen molar-refractivity contribution in [2.45, 2.75) is 64.4 Å². The van der Waals surface area contributed by atoms with Crippen LogP contribution in [0.4, 0.5) is 0 Å². The van der Waals surface area contributed by atoms with Gasteiger partial charge in [-0.25, -0.2) is 8.42 Å². The third-order valence-electron chi connectivity index (χ3n) is 5.77. The highest BCUT2D eigenvalue weighted by Gasteiger charge is 2.27. The lowest BCUT2D eigenvalue weighted by molar-refractivity contribution is -0.124. The van der Waals surface area contributed by atoms with Gasteiger partial charge in [-0.05, 0) is 49.4 Å². The fourth-order valence-electron chi connectivity index (χ4n) is 3.70. The quantitative estimate of drug-likeness (QED) is 0.478. The van der Waals surface area contributed by atoms with Gasteiger partial charge in [0.05, 0.1) is 4.90 Å². The van der Waals surface area contributed by atoms with Crippen molar-refractivity contribution in [2.24, 2.45) is 5.92 Å². The molecule has 2 N–H and O–H groups in total. The molecule has 0 aliphatic heterocycles. The number of nitrogens with one attached hydrogen (secondary N) is 2. The molecule has 0 saturated heterocycles. The van der Waals surface area contributed by atoms with Crippen LogP contribution in [-0.2, 0) is 21.2 Å². The van der Waals surface area contributed by atoms with Gasteiger partial charge in [0.25, 0.3) is 5.91 Å². The van der Waals surface area contributed by atoms with E-state index in [0.29, 0.717) is 13.1 Å². The Kier molecular flexibility index (Phi) is 10.3. The first-order valence-corrected chi connectivity index (χ1v) is 13.3. The largest absolute Gasteiger partial charge is 0.352 e. The van der Waals surface area contributed by atoms with Crippen molar-refractivity contribution in [3.05, 3.63) is 65.7 Å². The van der Waals surface area contributed by atoms with Crippen LogP contribution in [-0.4, -0.2) is 49.7 Å². The molecular formula is C26H37N3O4S. The number of hydrogen-bond donors (Lipinski definition) is 2. The van der Waals surface area contributed by atoms with Crippen LogP contribution in [0.15, 0.2) is 59.5 Å². The molecule has 186 valence electrons. The van der Waals surface area contributed by atoms with E-state index in [1.165, 1.54) is 22.0 Å². The van der Waals surface area contributed by atoms with Crippen LogP contribution in [0.1, 0.15) is 57.0 Å². The molecule has 2 aromatic rings. The van der Waals surface area contributed by atoms with Gasteiger partial charge in [0.2, 0.25) is 15.9 Å². The first-order valence-electron chi connectivity index (χ1n) is 11.9. The minimum Gasteiger partial charge on any atom is -0.352 e. The van der Waals surface area contributed by atoms with E-state index in [2.05, 4.69) is 22.8 Å². The lowest BCUT2D eigenvalue weighted by atomic mass is 10.0. The van der Waals surface area contributed by atoms with E-state index in [0.717, 1.165) is 12.8 Å². The van der Waals surface area contributed by atoms with E-state index in [-0.39, 0.29) is 28.3 Å².